The van der Waals surface area contributed by atoms with E-state index in [0.717, 1.165) is 0 Å². The quantitative estimate of drug-likeness (QED) is 0.239. The number of hydrogen-bond acceptors (Lipinski definition) is 0. The molecule has 2 aromatic heterocycles. The standard InChI is InChI=1S/C33H22N2/c1-34-28-19-16-23(20-27(28)33-25-11-5-3-8-21(25)14-17-30(33)34)35-29-13-7-6-12-26(29)32-24-10-4-2-9-22(24)15-18-31(32)35/h2-20H,1H3. The third-order valence-corrected chi connectivity index (χ3v) is 7.70. The van der Waals surface area contributed by atoms with Gasteiger partial charge in [-0.1, -0.05) is 78.9 Å². The molecule has 0 unspecified atom stereocenters. The van der Waals surface area contributed by atoms with Crippen LogP contribution in [0.25, 0.3) is 70.8 Å². The Labute approximate surface area is 202 Å². The maximum atomic E-state index is 2.43. The number of fused-ring (bicyclic) bond motifs is 10. The van der Waals surface area contributed by atoms with E-state index in [2.05, 4.69) is 131 Å². The van der Waals surface area contributed by atoms with Crippen LogP contribution in [0.5, 0.6) is 0 Å². The van der Waals surface area contributed by atoms with E-state index in [1.54, 1.807) is 0 Å². The molecule has 0 N–H and O–H groups in total. The first-order valence-electron chi connectivity index (χ1n) is 12.1. The molecule has 2 nitrogen and oxygen atoms in total. The highest BCUT2D eigenvalue weighted by molar-refractivity contribution is 6.23. The fraction of sp³-hybridized carbons (Fsp3) is 0.0303. The van der Waals surface area contributed by atoms with E-state index in [-0.39, 0.29) is 0 Å². The van der Waals surface area contributed by atoms with Crippen molar-refractivity contribution in [2.45, 2.75) is 0 Å². The molecule has 0 amide bonds. The van der Waals surface area contributed by atoms with Crippen LogP contribution >= 0.6 is 0 Å². The number of para-hydroxylation sites is 1. The molecule has 0 radical (unpaired) electrons. The number of aryl methyl sites for hydroxylation is 1. The van der Waals surface area contributed by atoms with Gasteiger partial charge in [-0.05, 0) is 57.9 Å². The SMILES string of the molecule is Cn1c2ccc(-n3c4ccccc4c4c5ccccc5ccc43)cc2c2c3ccccc3ccc21. The molecule has 0 aliphatic carbocycles. The molecule has 0 aliphatic heterocycles. The van der Waals surface area contributed by atoms with Gasteiger partial charge in [-0.3, -0.25) is 0 Å². The van der Waals surface area contributed by atoms with Gasteiger partial charge >= 0.3 is 0 Å². The third-order valence-electron chi connectivity index (χ3n) is 7.70. The lowest BCUT2D eigenvalue weighted by atomic mass is 10.0. The van der Waals surface area contributed by atoms with E-state index >= 15 is 0 Å². The van der Waals surface area contributed by atoms with E-state index in [9.17, 15) is 0 Å². The van der Waals surface area contributed by atoms with E-state index in [1.165, 1.54) is 70.8 Å². The predicted octanol–water partition coefficient (Wildman–Crippen LogP) is 8.74. The monoisotopic (exact) mass is 446 g/mol. The normalized spacial score (nSPS) is 12.1. The van der Waals surface area contributed by atoms with E-state index in [4.69, 9.17) is 0 Å². The van der Waals surface area contributed by atoms with Crippen LogP contribution in [0.15, 0.2) is 115 Å². The molecule has 0 saturated heterocycles. The Hall–Kier alpha value is -4.56. The lowest BCUT2D eigenvalue weighted by Crippen LogP contribution is -1.94. The Bertz CT molecular complexity index is 2120. The Kier molecular flexibility index (Phi) is 3.62. The van der Waals surface area contributed by atoms with E-state index < -0.39 is 0 Å². The van der Waals surface area contributed by atoms with Gasteiger partial charge in [0.15, 0.2) is 0 Å². The average Bonchev–Trinajstić information content (AvgIpc) is 3.41. The Morgan fingerprint density at radius 2 is 1.00 bits per heavy atom. The number of aromatic nitrogens is 2. The van der Waals surface area contributed by atoms with Gasteiger partial charge in [-0.2, -0.15) is 0 Å². The second-order valence-corrected chi connectivity index (χ2v) is 9.47. The van der Waals surface area contributed by atoms with Crippen LogP contribution in [0.3, 0.4) is 0 Å². The van der Waals surface area contributed by atoms with Crippen molar-refractivity contribution in [1.29, 1.82) is 0 Å². The third kappa shape index (κ3) is 2.43. The first kappa shape index (κ1) is 18.8. The number of hydrogen-bond donors (Lipinski definition) is 0. The van der Waals surface area contributed by atoms with Gasteiger partial charge < -0.3 is 9.13 Å². The molecule has 35 heavy (non-hydrogen) atoms. The lowest BCUT2D eigenvalue weighted by molar-refractivity contribution is 1.01. The molecule has 0 spiro atoms. The molecule has 8 rings (SSSR count). The zero-order valence-corrected chi connectivity index (χ0v) is 19.4. The minimum Gasteiger partial charge on any atom is -0.344 e. The Morgan fingerprint density at radius 3 is 1.74 bits per heavy atom. The van der Waals surface area contributed by atoms with Crippen molar-refractivity contribution in [3.63, 3.8) is 0 Å². The highest BCUT2D eigenvalue weighted by Crippen LogP contribution is 2.39. The van der Waals surface area contributed by atoms with Crippen molar-refractivity contribution in [2.24, 2.45) is 7.05 Å². The Balaban J connectivity index is 1.54. The molecular formula is C33H22N2. The maximum Gasteiger partial charge on any atom is 0.0547 e. The predicted molar refractivity (Wildman–Crippen MR) is 150 cm³/mol. The molecule has 0 bridgehead atoms. The first-order chi connectivity index (χ1) is 17.3. The van der Waals surface area contributed by atoms with Crippen molar-refractivity contribution in [2.75, 3.05) is 0 Å². The molecule has 2 heterocycles. The minimum absolute atomic E-state index is 1.19. The maximum absolute atomic E-state index is 2.43. The van der Waals surface area contributed by atoms with Gasteiger partial charge in [0, 0.05) is 45.3 Å². The van der Waals surface area contributed by atoms with Crippen LogP contribution in [0, 0.1) is 0 Å². The van der Waals surface area contributed by atoms with Crippen LogP contribution in [-0.2, 0) is 7.05 Å². The summed E-state index contributed by atoms with van der Waals surface area (Å²) in [5, 5.41) is 10.4. The fourth-order valence-corrected chi connectivity index (χ4v) is 6.13. The van der Waals surface area contributed by atoms with Crippen LogP contribution in [0.1, 0.15) is 0 Å². The van der Waals surface area contributed by atoms with Crippen molar-refractivity contribution in [1.82, 2.24) is 9.13 Å². The molecule has 164 valence electrons. The summed E-state index contributed by atoms with van der Waals surface area (Å²) in [5.41, 5.74) is 6.20. The highest BCUT2D eigenvalue weighted by atomic mass is 15.0. The second-order valence-electron chi connectivity index (χ2n) is 9.47. The van der Waals surface area contributed by atoms with Crippen LogP contribution in [0.4, 0.5) is 0 Å². The smallest absolute Gasteiger partial charge is 0.0547 e. The van der Waals surface area contributed by atoms with Crippen molar-refractivity contribution >= 4 is 65.2 Å². The van der Waals surface area contributed by atoms with Gasteiger partial charge in [-0.15, -0.1) is 0 Å². The average molecular weight is 447 g/mol. The molecule has 8 aromatic rings. The summed E-state index contributed by atoms with van der Waals surface area (Å²) < 4.78 is 4.75. The van der Waals surface area contributed by atoms with Gasteiger partial charge in [-0.25, -0.2) is 0 Å². The summed E-state index contributed by atoms with van der Waals surface area (Å²) in [6.07, 6.45) is 0. The summed E-state index contributed by atoms with van der Waals surface area (Å²) >= 11 is 0. The molecule has 0 atom stereocenters. The zero-order chi connectivity index (χ0) is 23.1. The van der Waals surface area contributed by atoms with Gasteiger partial charge in [0.05, 0.1) is 11.0 Å². The minimum atomic E-state index is 1.19. The van der Waals surface area contributed by atoms with Crippen molar-refractivity contribution in [3.8, 4) is 5.69 Å². The highest BCUT2D eigenvalue weighted by Gasteiger charge is 2.17. The first-order valence-corrected chi connectivity index (χ1v) is 12.1. The van der Waals surface area contributed by atoms with Crippen LogP contribution in [0.2, 0.25) is 0 Å². The lowest BCUT2D eigenvalue weighted by Gasteiger charge is -2.09. The summed E-state index contributed by atoms with van der Waals surface area (Å²) in [6, 6.07) is 42.1. The summed E-state index contributed by atoms with van der Waals surface area (Å²) in [4.78, 5) is 0. The molecule has 0 saturated carbocycles. The summed E-state index contributed by atoms with van der Waals surface area (Å²) in [5.74, 6) is 0. The van der Waals surface area contributed by atoms with Crippen LogP contribution < -0.4 is 0 Å². The molecule has 2 heteroatoms. The summed E-state index contributed by atoms with van der Waals surface area (Å²) in [6.45, 7) is 0. The van der Waals surface area contributed by atoms with Gasteiger partial charge in [0.25, 0.3) is 0 Å². The summed E-state index contributed by atoms with van der Waals surface area (Å²) in [7, 11) is 2.17. The molecule has 0 aliphatic rings. The van der Waals surface area contributed by atoms with Crippen molar-refractivity contribution < 1.29 is 0 Å². The van der Waals surface area contributed by atoms with E-state index in [0.29, 0.717) is 0 Å². The number of nitrogens with zero attached hydrogens (tertiary/aromatic N) is 2. The largest absolute Gasteiger partial charge is 0.344 e. The van der Waals surface area contributed by atoms with Crippen molar-refractivity contribution in [3.05, 3.63) is 115 Å². The van der Waals surface area contributed by atoms with E-state index in [1.807, 2.05) is 0 Å². The second kappa shape index (κ2) is 6.74. The van der Waals surface area contributed by atoms with Gasteiger partial charge in [0.1, 0.15) is 0 Å². The van der Waals surface area contributed by atoms with Crippen LogP contribution in [-0.4, -0.2) is 9.13 Å². The number of rotatable bonds is 1. The number of benzene rings is 6. The van der Waals surface area contributed by atoms with Gasteiger partial charge in [0.2, 0.25) is 0 Å². The Morgan fingerprint density at radius 1 is 0.429 bits per heavy atom. The fourth-order valence-electron chi connectivity index (χ4n) is 6.13. The molecule has 6 aromatic carbocycles. The molecule has 0 fully saturated rings. The molecular weight excluding hydrogens is 424 g/mol. The zero-order valence-electron chi connectivity index (χ0n) is 19.4. The topological polar surface area (TPSA) is 9.86 Å².